The van der Waals surface area contributed by atoms with Crippen molar-refractivity contribution in [3.8, 4) is 11.1 Å². The Morgan fingerprint density at radius 2 is 1.65 bits per heavy atom. The van der Waals surface area contributed by atoms with Crippen molar-refractivity contribution in [3.05, 3.63) is 95.0 Å². The van der Waals surface area contributed by atoms with Gasteiger partial charge in [0.25, 0.3) is 5.56 Å². The van der Waals surface area contributed by atoms with E-state index in [0.29, 0.717) is 18.7 Å². The standard InChI is InChI=1S/C26H23N3O4S/c30-25(18-28-17-23(11-12-26(28)31)34(32,33)29-14-1-2-15-29)21-8-5-19(6-9-21)22-10-7-20-4-3-13-27-24(20)16-22/h3-13,16-17H,1-2,14-15,18H2. The fraction of sp³-hybridized carbons (Fsp3) is 0.192. The average Bonchev–Trinajstić information content (AvgIpc) is 3.41. The lowest BCUT2D eigenvalue weighted by molar-refractivity contribution is 0.0970. The molecule has 5 rings (SSSR count). The van der Waals surface area contributed by atoms with E-state index in [0.717, 1.165) is 39.4 Å². The van der Waals surface area contributed by atoms with Gasteiger partial charge in [-0.1, -0.05) is 42.5 Å². The predicted octanol–water partition coefficient (Wildman–Crippen LogP) is 3.73. The molecule has 1 aliphatic heterocycles. The number of benzene rings is 2. The number of Topliss-reactive ketones (excluding diaryl/α,β-unsaturated/α-hetero) is 1. The molecule has 3 heterocycles. The Bertz CT molecular complexity index is 1540. The Morgan fingerprint density at radius 3 is 2.41 bits per heavy atom. The molecule has 0 N–H and O–H groups in total. The molecule has 172 valence electrons. The summed E-state index contributed by atoms with van der Waals surface area (Å²) in [7, 11) is -3.67. The average molecular weight is 474 g/mol. The summed E-state index contributed by atoms with van der Waals surface area (Å²) >= 11 is 0. The summed E-state index contributed by atoms with van der Waals surface area (Å²) in [5, 5.41) is 1.05. The number of carbonyl (C=O) groups is 1. The van der Waals surface area contributed by atoms with Crippen molar-refractivity contribution in [2.75, 3.05) is 13.1 Å². The van der Waals surface area contributed by atoms with Crippen LogP contribution in [0.3, 0.4) is 0 Å². The van der Waals surface area contributed by atoms with Gasteiger partial charge in [-0.25, -0.2) is 8.42 Å². The summed E-state index contributed by atoms with van der Waals surface area (Å²) in [5.41, 5.74) is 2.85. The highest BCUT2D eigenvalue weighted by Gasteiger charge is 2.27. The van der Waals surface area contributed by atoms with E-state index >= 15 is 0 Å². The third kappa shape index (κ3) is 4.30. The maximum absolute atomic E-state index is 12.9. The van der Waals surface area contributed by atoms with Gasteiger partial charge >= 0.3 is 0 Å². The molecule has 2 aromatic carbocycles. The van der Waals surface area contributed by atoms with E-state index in [1.807, 2.05) is 42.5 Å². The van der Waals surface area contributed by atoms with Gasteiger partial charge in [0.15, 0.2) is 5.78 Å². The maximum Gasteiger partial charge on any atom is 0.251 e. The summed E-state index contributed by atoms with van der Waals surface area (Å²) in [5.74, 6) is -0.274. The van der Waals surface area contributed by atoms with Gasteiger partial charge in [-0.2, -0.15) is 4.31 Å². The summed E-state index contributed by atoms with van der Waals surface area (Å²) in [4.78, 5) is 29.6. The smallest absolute Gasteiger partial charge is 0.251 e. The third-order valence-electron chi connectivity index (χ3n) is 6.12. The van der Waals surface area contributed by atoms with E-state index in [9.17, 15) is 18.0 Å². The van der Waals surface area contributed by atoms with E-state index in [2.05, 4.69) is 4.98 Å². The molecule has 8 heteroatoms. The van der Waals surface area contributed by atoms with E-state index in [1.165, 1.54) is 22.6 Å². The first-order valence-corrected chi connectivity index (χ1v) is 12.5. The molecule has 0 bridgehead atoms. The monoisotopic (exact) mass is 473 g/mol. The first-order valence-electron chi connectivity index (χ1n) is 11.1. The largest absolute Gasteiger partial charge is 0.306 e. The predicted molar refractivity (Wildman–Crippen MR) is 130 cm³/mol. The van der Waals surface area contributed by atoms with Crippen LogP contribution in [0.25, 0.3) is 22.0 Å². The number of carbonyl (C=O) groups excluding carboxylic acids is 1. The molecule has 34 heavy (non-hydrogen) atoms. The van der Waals surface area contributed by atoms with Crippen molar-refractivity contribution in [2.45, 2.75) is 24.3 Å². The lowest BCUT2D eigenvalue weighted by Gasteiger charge is -2.16. The molecule has 7 nitrogen and oxygen atoms in total. The number of sulfonamides is 1. The lowest BCUT2D eigenvalue weighted by atomic mass is 10.0. The van der Waals surface area contributed by atoms with Crippen molar-refractivity contribution in [2.24, 2.45) is 0 Å². The number of hydrogen-bond acceptors (Lipinski definition) is 5. The number of ketones is 1. The molecule has 1 aliphatic rings. The van der Waals surface area contributed by atoms with Crippen LogP contribution in [0.5, 0.6) is 0 Å². The van der Waals surface area contributed by atoms with Crippen molar-refractivity contribution in [1.82, 2.24) is 13.9 Å². The number of fused-ring (bicyclic) bond motifs is 1. The fourth-order valence-corrected chi connectivity index (χ4v) is 5.74. The molecule has 0 aliphatic carbocycles. The van der Waals surface area contributed by atoms with Crippen LogP contribution in [0.4, 0.5) is 0 Å². The van der Waals surface area contributed by atoms with Crippen LogP contribution in [0, 0.1) is 0 Å². The normalized spacial score (nSPS) is 14.5. The highest BCUT2D eigenvalue weighted by Crippen LogP contribution is 2.24. The molecule has 2 aromatic heterocycles. The van der Waals surface area contributed by atoms with Gasteiger partial charge in [0, 0.05) is 42.5 Å². The molecule has 1 saturated heterocycles. The van der Waals surface area contributed by atoms with Gasteiger partial charge in [0.05, 0.1) is 17.0 Å². The molecule has 0 unspecified atom stereocenters. The second-order valence-corrected chi connectivity index (χ2v) is 10.3. The molecule has 1 fully saturated rings. The van der Waals surface area contributed by atoms with E-state index < -0.39 is 15.6 Å². The summed E-state index contributed by atoms with van der Waals surface area (Å²) < 4.78 is 28.2. The lowest BCUT2D eigenvalue weighted by Crippen LogP contribution is -2.30. The minimum absolute atomic E-state index is 0.0297. The molecule has 0 amide bonds. The van der Waals surface area contributed by atoms with Crippen LogP contribution in [0.15, 0.2) is 88.8 Å². The van der Waals surface area contributed by atoms with Crippen LogP contribution < -0.4 is 5.56 Å². The minimum atomic E-state index is -3.67. The Balaban J connectivity index is 1.36. The zero-order valence-electron chi connectivity index (χ0n) is 18.4. The Hall–Kier alpha value is -3.62. The number of hydrogen-bond donors (Lipinski definition) is 0. The quantitative estimate of drug-likeness (QED) is 0.398. The van der Waals surface area contributed by atoms with Crippen LogP contribution in [-0.4, -0.2) is 41.1 Å². The van der Waals surface area contributed by atoms with Crippen LogP contribution in [0.2, 0.25) is 0 Å². The second kappa shape index (κ2) is 8.96. The van der Waals surface area contributed by atoms with Gasteiger partial charge in [0.2, 0.25) is 10.0 Å². The molecular formula is C26H23N3O4S. The van der Waals surface area contributed by atoms with Crippen molar-refractivity contribution >= 4 is 26.7 Å². The first-order chi connectivity index (χ1) is 16.4. The van der Waals surface area contributed by atoms with Crippen LogP contribution in [-0.2, 0) is 16.6 Å². The topological polar surface area (TPSA) is 89.3 Å². The zero-order valence-corrected chi connectivity index (χ0v) is 19.2. The van der Waals surface area contributed by atoms with Gasteiger partial charge in [0.1, 0.15) is 0 Å². The van der Waals surface area contributed by atoms with E-state index in [-0.39, 0.29) is 17.2 Å². The molecule has 0 atom stereocenters. The number of nitrogens with zero attached hydrogens (tertiary/aromatic N) is 3. The molecule has 4 aromatic rings. The Morgan fingerprint density at radius 1 is 0.912 bits per heavy atom. The SMILES string of the molecule is O=C(Cn1cc(S(=O)(=O)N2CCCC2)ccc1=O)c1ccc(-c2ccc3cccnc3c2)cc1. The Kier molecular flexibility index (Phi) is 5.85. The highest BCUT2D eigenvalue weighted by atomic mass is 32.2. The van der Waals surface area contributed by atoms with E-state index in [1.54, 1.807) is 18.3 Å². The second-order valence-electron chi connectivity index (χ2n) is 8.35. The number of pyridine rings is 2. The highest BCUT2D eigenvalue weighted by molar-refractivity contribution is 7.89. The van der Waals surface area contributed by atoms with Crippen LogP contribution in [0.1, 0.15) is 23.2 Å². The maximum atomic E-state index is 12.9. The number of rotatable bonds is 6. The van der Waals surface area contributed by atoms with Crippen molar-refractivity contribution in [3.63, 3.8) is 0 Å². The van der Waals surface area contributed by atoms with Gasteiger partial charge in [-0.15, -0.1) is 0 Å². The molecule has 0 spiro atoms. The minimum Gasteiger partial charge on any atom is -0.306 e. The Labute approximate surface area is 197 Å². The first kappa shape index (κ1) is 22.2. The molecule has 0 saturated carbocycles. The molecule has 0 radical (unpaired) electrons. The fourth-order valence-electron chi connectivity index (χ4n) is 4.20. The summed E-state index contributed by atoms with van der Waals surface area (Å²) in [6.07, 6.45) is 4.66. The summed E-state index contributed by atoms with van der Waals surface area (Å²) in [6.45, 7) is 0.710. The van der Waals surface area contributed by atoms with Crippen molar-refractivity contribution in [1.29, 1.82) is 0 Å². The van der Waals surface area contributed by atoms with E-state index in [4.69, 9.17) is 0 Å². The third-order valence-corrected chi connectivity index (χ3v) is 8.00. The van der Waals surface area contributed by atoms with Crippen LogP contribution >= 0.6 is 0 Å². The summed E-state index contributed by atoms with van der Waals surface area (Å²) in [6, 6.07) is 19.6. The van der Waals surface area contributed by atoms with Crippen molar-refractivity contribution < 1.29 is 13.2 Å². The van der Waals surface area contributed by atoms with Gasteiger partial charge < -0.3 is 4.57 Å². The zero-order chi connectivity index (χ0) is 23.7. The van der Waals surface area contributed by atoms with Gasteiger partial charge in [-0.05, 0) is 42.2 Å². The van der Waals surface area contributed by atoms with Gasteiger partial charge in [-0.3, -0.25) is 14.6 Å². The molecular weight excluding hydrogens is 450 g/mol. The number of aromatic nitrogens is 2.